The monoisotopic (exact) mass is 319 g/mol. The maximum absolute atomic E-state index is 12.2. The van der Waals surface area contributed by atoms with Crippen LogP contribution in [0.25, 0.3) is 0 Å². The molecule has 0 saturated carbocycles. The summed E-state index contributed by atoms with van der Waals surface area (Å²) in [5.74, 6) is -1.11. The summed E-state index contributed by atoms with van der Waals surface area (Å²) in [4.78, 5) is 28.2. The number of carbonyl (C=O) groups is 2. The van der Waals surface area contributed by atoms with Gasteiger partial charge in [0.25, 0.3) is 5.91 Å². The number of nitrogens with zero attached hydrogens (tertiary/aromatic N) is 2. The minimum absolute atomic E-state index is 0.147. The number of hydrogen-bond acceptors (Lipinski definition) is 5. The molecule has 1 aromatic heterocycles. The molecule has 114 valence electrons. The average Bonchev–Trinajstić information content (AvgIpc) is 2.70. The molecule has 3 rings (SSSR count). The summed E-state index contributed by atoms with van der Waals surface area (Å²) in [6, 6.07) is 9.51. The molecule has 0 fully saturated rings. The first kappa shape index (κ1) is 14.5. The highest BCUT2D eigenvalue weighted by Gasteiger charge is 2.42. The molecule has 0 unspecified atom stereocenters. The van der Waals surface area contributed by atoms with Crippen molar-refractivity contribution in [3.05, 3.63) is 54.4 Å². The molecule has 2 heterocycles. The molecular formula is C14H13N3O4S. The van der Waals surface area contributed by atoms with Crippen molar-refractivity contribution in [1.82, 2.24) is 9.29 Å². The highest BCUT2D eigenvalue weighted by Crippen LogP contribution is 2.58. The van der Waals surface area contributed by atoms with E-state index in [0.717, 1.165) is 4.31 Å². The van der Waals surface area contributed by atoms with Gasteiger partial charge in [0, 0.05) is 6.20 Å². The molecule has 7 nitrogen and oxygen atoms in total. The predicted octanol–water partition coefficient (Wildman–Crippen LogP) is 2.20. The zero-order chi connectivity index (χ0) is 15.7. The Hall–Kier alpha value is -2.42. The topological polar surface area (TPSA) is 103 Å². The molecule has 2 amide bonds. The van der Waals surface area contributed by atoms with Crippen molar-refractivity contribution in [2.45, 2.75) is 4.90 Å². The van der Waals surface area contributed by atoms with Crippen molar-refractivity contribution in [2.75, 3.05) is 11.9 Å². The van der Waals surface area contributed by atoms with Gasteiger partial charge in [0.2, 0.25) is 5.91 Å². The van der Waals surface area contributed by atoms with Crippen LogP contribution in [0.5, 0.6) is 0 Å². The highest BCUT2D eigenvalue weighted by molar-refractivity contribution is 8.23. The van der Waals surface area contributed by atoms with E-state index in [1.54, 1.807) is 30.5 Å². The highest BCUT2D eigenvalue weighted by atomic mass is 32.3. The lowest BCUT2D eigenvalue weighted by Gasteiger charge is -2.36. The molecule has 2 aromatic rings. The summed E-state index contributed by atoms with van der Waals surface area (Å²) in [5.41, 5.74) is 0.671. The van der Waals surface area contributed by atoms with Crippen LogP contribution in [0.4, 0.5) is 5.69 Å². The van der Waals surface area contributed by atoms with Crippen LogP contribution in [0, 0.1) is 0 Å². The Labute approximate surface area is 128 Å². The molecule has 1 aliphatic heterocycles. The van der Waals surface area contributed by atoms with Crippen molar-refractivity contribution in [2.24, 2.45) is 0 Å². The van der Waals surface area contributed by atoms with Crippen LogP contribution in [0.3, 0.4) is 0 Å². The number of nitrogens with one attached hydrogen (secondary N) is 1. The molecular weight excluding hydrogens is 306 g/mol. The minimum Gasteiger partial charge on any atom is -0.323 e. The zero-order valence-electron chi connectivity index (χ0n) is 11.3. The van der Waals surface area contributed by atoms with E-state index in [2.05, 4.69) is 10.3 Å². The van der Waals surface area contributed by atoms with Gasteiger partial charge in [-0.3, -0.25) is 23.7 Å². The molecule has 22 heavy (non-hydrogen) atoms. The number of benzene rings is 1. The smallest absolute Gasteiger partial charge is 0.274 e. The van der Waals surface area contributed by atoms with Crippen molar-refractivity contribution in [3.63, 3.8) is 0 Å². The molecule has 0 atom stereocenters. The maximum Gasteiger partial charge on any atom is 0.274 e. The van der Waals surface area contributed by atoms with Crippen molar-refractivity contribution in [3.8, 4) is 0 Å². The lowest BCUT2D eigenvalue weighted by molar-refractivity contribution is -0.116. The Morgan fingerprint density at radius 2 is 2.00 bits per heavy atom. The van der Waals surface area contributed by atoms with Crippen molar-refractivity contribution in [1.29, 1.82) is 0 Å². The lowest BCUT2D eigenvalue weighted by atomic mass is 10.2. The van der Waals surface area contributed by atoms with E-state index in [9.17, 15) is 18.7 Å². The largest absolute Gasteiger partial charge is 0.323 e. The summed E-state index contributed by atoms with van der Waals surface area (Å²) < 4.78 is 21.3. The van der Waals surface area contributed by atoms with Crippen LogP contribution < -0.4 is 5.32 Å². The SMILES string of the molecule is O=C(CN1C(=O)c2ccccc2S1(O)O)Nc1cccnc1. The van der Waals surface area contributed by atoms with Crippen molar-refractivity contribution >= 4 is 28.3 Å². The number of aromatic nitrogens is 1. The van der Waals surface area contributed by atoms with Crippen LogP contribution in [0.15, 0.2) is 53.7 Å². The number of fused-ring (bicyclic) bond motifs is 1. The van der Waals surface area contributed by atoms with E-state index in [1.807, 2.05) is 0 Å². The van der Waals surface area contributed by atoms with E-state index in [1.165, 1.54) is 18.3 Å². The Morgan fingerprint density at radius 3 is 2.68 bits per heavy atom. The van der Waals surface area contributed by atoms with Gasteiger partial charge in [0.05, 0.1) is 22.3 Å². The van der Waals surface area contributed by atoms with E-state index < -0.39 is 29.1 Å². The van der Waals surface area contributed by atoms with Crippen LogP contribution in [0.2, 0.25) is 0 Å². The predicted molar refractivity (Wildman–Crippen MR) is 81.5 cm³/mol. The first-order valence-electron chi connectivity index (χ1n) is 6.39. The Kier molecular flexibility index (Phi) is 3.57. The average molecular weight is 319 g/mol. The standard InChI is InChI=1S/C14H13N3O4S/c18-13(16-10-4-3-7-15-8-10)9-17-14(19)11-5-1-2-6-12(11)22(17,20)21/h1-8,20-21H,9H2,(H,16,18). The second-order valence-corrected chi connectivity index (χ2v) is 6.56. The first-order valence-corrected chi connectivity index (χ1v) is 7.89. The molecule has 0 radical (unpaired) electrons. The van der Waals surface area contributed by atoms with Crippen LogP contribution in [-0.2, 0) is 4.79 Å². The molecule has 0 spiro atoms. The molecule has 1 aromatic carbocycles. The maximum atomic E-state index is 12.2. The molecule has 3 N–H and O–H groups in total. The Balaban J connectivity index is 1.79. The molecule has 0 aliphatic carbocycles. The van der Waals surface area contributed by atoms with Crippen molar-refractivity contribution < 1.29 is 18.7 Å². The first-order chi connectivity index (χ1) is 10.5. The zero-order valence-corrected chi connectivity index (χ0v) is 12.2. The molecule has 1 aliphatic rings. The fourth-order valence-electron chi connectivity index (χ4n) is 2.18. The van der Waals surface area contributed by atoms with Gasteiger partial charge in [-0.1, -0.05) is 22.9 Å². The van der Waals surface area contributed by atoms with Crippen LogP contribution in [-0.4, -0.2) is 36.8 Å². The van der Waals surface area contributed by atoms with Crippen LogP contribution in [0.1, 0.15) is 10.4 Å². The number of anilines is 1. The number of hydrogen-bond donors (Lipinski definition) is 3. The number of amides is 2. The van der Waals surface area contributed by atoms with Gasteiger partial charge in [0.15, 0.2) is 0 Å². The fourth-order valence-corrected chi connectivity index (χ4v) is 3.76. The number of rotatable bonds is 3. The molecule has 0 bridgehead atoms. The van der Waals surface area contributed by atoms with E-state index in [0.29, 0.717) is 5.69 Å². The van der Waals surface area contributed by atoms with Gasteiger partial charge in [-0.05, 0) is 24.3 Å². The Morgan fingerprint density at radius 1 is 1.23 bits per heavy atom. The van der Waals surface area contributed by atoms with Gasteiger partial charge >= 0.3 is 0 Å². The summed E-state index contributed by atoms with van der Waals surface area (Å²) in [6.45, 7) is -0.454. The van der Waals surface area contributed by atoms with Gasteiger partial charge < -0.3 is 5.32 Å². The molecule has 0 saturated heterocycles. The normalized spacial score (nSPS) is 17.0. The lowest BCUT2D eigenvalue weighted by Crippen LogP contribution is -2.35. The number of carbonyl (C=O) groups excluding carboxylic acids is 2. The minimum atomic E-state index is -3.48. The third-order valence-electron chi connectivity index (χ3n) is 3.18. The third-order valence-corrected chi connectivity index (χ3v) is 5.03. The Bertz CT molecular complexity index is 736. The van der Waals surface area contributed by atoms with Gasteiger partial charge in [-0.25, -0.2) is 4.31 Å². The summed E-state index contributed by atoms with van der Waals surface area (Å²) in [5, 5.41) is 2.55. The van der Waals surface area contributed by atoms with E-state index >= 15 is 0 Å². The number of pyridine rings is 1. The fraction of sp³-hybridized carbons (Fsp3) is 0.0714. The summed E-state index contributed by atoms with van der Waals surface area (Å²) in [6.07, 6.45) is 3.02. The summed E-state index contributed by atoms with van der Waals surface area (Å²) in [7, 11) is -3.48. The molecule has 8 heteroatoms. The third kappa shape index (κ3) is 2.43. The van der Waals surface area contributed by atoms with E-state index in [4.69, 9.17) is 0 Å². The van der Waals surface area contributed by atoms with Gasteiger partial charge in [-0.2, -0.15) is 0 Å². The van der Waals surface area contributed by atoms with Gasteiger partial charge in [-0.15, -0.1) is 0 Å². The van der Waals surface area contributed by atoms with Gasteiger partial charge in [0.1, 0.15) is 6.54 Å². The quantitative estimate of drug-likeness (QED) is 0.805. The second-order valence-electron chi connectivity index (χ2n) is 4.65. The van der Waals surface area contributed by atoms with E-state index in [-0.39, 0.29) is 10.5 Å². The summed E-state index contributed by atoms with van der Waals surface area (Å²) >= 11 is 0. The van der Waals surface area contributed by atoms with Crippen LogP contribution >= 0.6 is 10.8 Å². The second kappa shape index (κ2) is 5.41.